The molecule has 0 aliphatic rings. The number of methoxy groups -OCH3 is 1. The molecule has 0 atom stereocenters. The van der Waals surface area contributed by atoms with Crippen molar-refractivity contribution in [1.29, 1.82) is 0 Å². The van der Waals surface area contributed by atoms with Gasteiger partial charge >= 0.3 is 0 Å². The van der Waals surface area contributed by atoms with Gasteiger partial charge in [-0.1, -0.05) is 12.1 Å². The quantitative estimate of drug-likeness (QED) is 0.669. The van der Waals surface area contributed by atoms with Crippen LogP contribution >= 0.6 is 11.8 Å². The highest BCUT2D eigenvalue weighted by Gasteiger charge is 2.10. The monoisotopic (exact) mass is 288 g/mol. The molecule has 4 nitrogen and oxygen atoms in total. The van der Waals surface area contributed by atoms with Crippen molar-refractivity contribution in [3.8, 4) is 5.75 Å². The average molecular weight is 288 g/mol. The Morgan fingerprint density at radius 2 is 2.00 bits per heavy atom. The third kappa shape index (κ3) is 3.05. The molecule has 0 aromatic heterocycles. The standard InChI is InChI=1S/C15H16N2O2S/c1-19-13-9-10(7-8-11(13)16)15(18)17-12-5-3-4-6-14(12)20-2/h3-9H,16H2,1-2H3,(H,17,18). The van der Waals surface area contributed by atoms with Crippen molar-refractivity contribution in [3.63, 3.8) is 0 Å². The fraction of sp³-hybridized carbons (Fsp3) is 0.133. The number of hydrogen-bond donors (Lipinski definition) is 2. The lowest BCUT2D eigenvalue weighted by molar-refractivity contribution is 0.102. The Hall–Kier alpha value is -2.14. The van der Waals surface area contributed by atoms with Crippen LogP contribution in [0.2, 0.25) is 0 Å². The number of hydrogen-bond acceptors (Lipinski definition) is 4. The lowest BCUT2D eigenvalue weighted by Crippen LogP contribution is -2.12. The molecule has 0 saturated carbocycles. The molecule has 3 N–H and O–H groups in total. The first kappa shape index (κ1) is 14.3. The predicted octanol–water partition coefficient (Wildman–Crippen LogP) is 3.25. The zero-order valence-electron chi connectivity index (χ0n) is 11.3. The zero-order chi connectivity index (χ0) is 14.5. The molecule has 2 rings (SSSR count). The van der Waals surface area contributed by atoms with Gasteiger partial charge in [-0.25, -0.2) is 0 Å². The summed E-state index contributed by atoms with van der Waals surface area (Å²) in [6.45, 7) is 0. The van der Waals surface area contributed by atoms with Crippen LogP contribution in [0.1, 0.15) is 10.4 Å². The number of ether oxygens (including phenoxy) is 1. The third-order valence-corrected chi connectivity index (χ3v) is 3.65. The van der Waals surface area contributed by atoms with E-state index in [0.29, 0.717) is 17.0 Å². The highest BCUT2D eigenvalue weighted by atomic mass is 32.2. The van der Waals surface area contributed by atoms with Crippen LogP contribution in [0.3, 0.4) is 0 Å². The summed E-state index contributed by atoms with van der Waals surface area (Å²) < 4.78 is 5.12. The van der Waals surface area contributed by atoms with E-state index >= 15 is 0 Å². The first-order chi connectivity index (χ1) is 9.65. The number of amides is 1. The van der Waals surface area contributed by atoms with Crippen molar-refractivity contribution in [3.05, 3.63) is 48.0 Å². The number of carbonyl (C=O) groups is 1. The van der Waals surface area contributed by atoms with E-state index < -0.39 is 0 Å². The summed E-state index contributed by atoms with van der Waals surface area (Å²) >= 11 is 1.58. The summed E-state index contributed by atoms with van der Waals surface area (Å²) in [6, 6.07) is 12.6. The van der Waals surface area contributed by atoms with E-state index in [-0.39, 0.29) is 5.91 Å². The normalized spacial score (nSPS) is 10.1. The molecule has 0 radical (unpaired) electrons. The molecule has 0 heterocycles. The minimum Gasteiger partial charge on any atom is -0.495 e. The Morgan fingerprint density at radius 1 is 1.25 bits per heavy atom. The number of nitrogen functional groups attached to an aromatic ring is 1. The molecule has 0 saturated heterocycles. The first-order valence-electron chi connectivity index (χ1n) is 6.03. The van der Waals surface area contributed by atoms with Crippen molar-refractivity contribution >= 4 is 29.0 Å². The second kappa shape index (κ2) is 6.34. The van der Waals surface area contributed by atoms with Crippen molar-refractivity contribution in [2.24, 2.45) is 0 Å². The Balaban J connectivity index is 2.24. The largest absolute Gasteiger partial charge is 0.495 e. The van der Waals surface area contributed by atoms with Crippen LogP contribution in [0.25, 0.3) is 0 Å². The summed E-state index contributed by atoms with van der Waals surface area (Å²) in [5.74, 6) is 0.306. The van der Waals surface area contributed by atoms with Gasteiger partial charge in [0.1, 0.15) is 5.75 Å². The Labute approximate surface area is 122 Å². The Morgan fingerprint density at radius 3 is 2.70 bits per heavy atom. The number of anilines is 2. The minimum absolute atomic E-state index is 0.190. The van der Waals surface area contributed by atoms with E-state index in [0.717, 1.165) is 10.6 Å². The summed E-state index contributed by atoms with van der Waals surface area (Å²) in [4.78, 5) is 13.3. The zero-order valence-corrected chi connectivity index (χ0v) is 12.2. The molecule has 0 aliphatic heterocycles. The number of rotatable bonds is 4. The van der Waals surface area contributed by atoms with E-state index in [4.69, 9.17) is 10.5 Å². The molecule has 0 fully saturated rings. The SMILES string of the molecule is COc1cc(C(=O)Nc2ccccc2SC)ccc1N. The summed E-state index contributed by atoms with van der Waals surface area (Å²) in [6.07, 6.45) is 1.97. The van der Waals surface area contributed by atoms with Crippen molar-refractivity contribution in [1.82, 2.24) is 0 Å². The van der Waals surface area contributed by atoms with E-state index in [1.165, 1.54) is 7.11 Å². The number of nitrogens with one attached hydrogen (secondary N) is 1. The van der Waals surface area contributed by atoms with Gasteiger partial charge in [0.2, 0.25) is 0 Å². The number of benzene rings is 2. The summed E-state index contributed by atoms with van der Waals surface area (Å²) in [7, 11) is 1.52. The number of thioether (sulfide) groups is 1. The van der Waals surface area contributed by atoms with Gasteiger partial charge in [-0.3, -0.25) is 4.79 Å². The third-order valence-electron chi connectivity index (χ3n) is 2.85. The maximum absolute atomic E-state index is 12.2. The molecule has 104 valence electrons. The van der Waals surface area contributed by atoms with Crippen LogP contribution in [-0.2, 0) is 0 Å². The van der Waals surface area contributed by atoms with Crippen LogP contribution in [0.4, 0.5) is 11.4 Å². The van der Waals surface area contributed by atoms with Gasteiger partial charge in [0.15, 0.2) is 0 Å². The maximum Gasteiger partial charge on any atom is 0.255 e. The summed E-state index contributed by atoms with van der Waals surface area (Å²) in [5, 5.41) is 2.89. The van der Waals surface area contributed by atoms with Crippen LogP contribution in [0, 0.1) is 0 Å². The number of para-hydroxylation sites is 1. The van der Waals surface area contributed by atoms with Crippen LogP contribution in [0.15, 0.2) is 47.4 Å². The molecule has 0 unspecified atom stereocenters. The van der Waals surface area contributed by atoms with Crippen LogP contribution in [0.5, 0.6) is 5.75 Å². The molecular formula is C15H16N2O2S. The molecule has 0 aliphatic carbocycles. The Kier molecular flexibility index (Phi) is 4.53. The van der Waals surface area contributed by atoms with Crippen LogP contribution in [-0.4, -0.2) is 19.3 Å². The van der Waals surface area contributed by atoms with Gasteiger partial charge in [0, 0.05) is 10.5 Å². The molecule has 0 bridgehead atoms. The Bertz CT molecular complexity index is 629. The van der Waals surface area contributed by atoms with Crippen LogP contribution < -0.4 is 15.8 Å². The first-order valence-corrected chi connectivity index (χ1v) is 7.26. The molecule has 20 heavy (non-hydrogen) atoms. The van der Waals surface area contributed by atoms with E-state index in [1.807, 2.05) is 30.5 Å². The average Bonchev–Trinajstić information content (AvgIpc) is 2.48. The van der Waals surface area contributed by atoms with E-state index in [1.54, 1.807) is 30.0 Å². The van der Waals surface area contributed by atoms with Gasteiger partial charge in [-0.05, 0) is 36.6 Å². The molecule has 5 heteroatoms. The topological polar surface area (TPSA) is 64.3 Å². The molecule has 0 spiro atoms. The van der Waals surface area contributed by atoms with Crippen molar-refractivity contribution < 1.29 is 9.53 Å². The van der Waals surface area contributed by atoms with E-state index in [9.17, 15) is 4.79 Å². The number of nitrogens with two attached hydrogens (primary N) is 1. The molecular weight excluding hydrogens is 272 g/mol. The van der Waals surface area contributed by atoms with Gasteiger partial charge in [-0.15, -0.1) is 11.8 Å². The number of carbonyl (C=O) groups excluding carboxylic acids is 1. The molecule has 2 aromatic carbocycles. The summed E-state index contributed by atoms with van der Waals surface area (Å²) in [5.41, 5.74) is 7.55. The minimum atomic E-state index is -0.190. The fourth-order valence-electron chi connectivity index (χ4n) is 1.79. The van der Waals surface area contributed by atoms with E-state index in [2.05, 4.69) is 5.32 Å². The highest BCUT2D eigenvalue weighted by molar-refractivity contribution is 7.98. The second-order valence-electron chi connectivity index (χ2n) is 4.11. The fourth-order valence-corrected chi connectivity index (χ4v) is 2.35. The van der Waals surface area contributed by atoms with Gasteiger partial charge in [0.25, 0.3) is 5.91 Å². The van der Waals surface area contributed by atoms with Crippen molar-refractivity contribution in [2.45, 2.75) is 4.90 Å². The van der Waals surface area contributed by atoms with Gasteiger partial charge in [-0.2, -0.15) is 0 Å². The highest BCUT2D eigenvalue weighted by Crippen LogP contribution is 2.26. The predicted molar refractivity (Wildman–Crippen MR) is 83.6 cm³/mol. The second-order valence-corrected chi connectivity index (χ2v) is 4.96. The lowest BCUT2D eigenvalue weighted by Gasteiger charge is -2.10. The smallest absolute Gasteiger partial charge is 0.255 e. The molecule has 2 aromatic rings. The maximum atomic E-state index is 12.2. The van der Waals surface area contributed by atoms with Gasteiger partial charge in [0.05, 0.1) is 18.5 Å². The van der Waals surface area contributed by atoms with Crippen molar-refractivity contribution in [2.75, 3.05) is 24.4 Å². The lowest BCUT2D eigenvalue weighted by atomic mass is 10.1. The van der Waals surface area contributed by atoms with Gasteiger partial charge < -0.3 is 15.8 Å². The molecule has 1 amide bonds.